The Labute approximate surface area is 74.4 Å². The van der Waals surface area contributed by atoms with Crippen molar-refractivity contribution in [2.45, 2.75) is 0 Å². The molecule has 0 saturated carbocycles. The zero-order valence-electron chi connectivity index (χ0n) is 6.86. The van der Waals surface area contributed by atoms with Crippen LogP contribution in [0.5, 0.6) is 0 Å². The average molecular weight is 169 g/mol. The van der Waals surface area contributed by atoms with Crippen LogP contribution in [0.4, 0.5) is 0 Å². The number of aromatic nitrogens is 3. The van der Waals surface area contributed by atoms with Crippen LogP contribution in [0, 0.1) is 0 Å². The van der Waals surface area contributed by atoms with Crippen molar-refractivity contribution < 1.29 is 0 Å². The van der Waals surface area contributed by atoms with E-state index in [0.717, 1.165) is 11.0 Å². The van der Waals surface area contributed by atoms with Crippen LogP contribution in [-0.4, -0.2) is 15.4 Å². The van der Waals surface area contributed by atoms with Crippen LogP contribution in [0.25, 0.3) is 21.8 Å². The zero-order chi connectivity index (χ0) is 8.67. The van der Waals surface area contributed by atoms with Crippen molar-refractivity contribution in [3.63, 3.8) is 0 Å². The predicted molar refractivity (Wildman–Crippen MR) is 51.4 cm³/mol. The van der Waals surface area contributed by atoms with E-state index in [2.05, 4.69) is 27.5 Å². The van der Waals surface area contributed by atoms with E-state index in [4.69, 9.17) is 0 Å². The highest BCUT2D eigenvalue weighted by atomic mass is 15.3. The highest BCUT2D eigenvalue weighted by molar-refractivity contribution is 5.94. The van der Waals surface area contributed by atoms with Gasteiger partial charge in [0.2, 0.25) is 0 Å². The van der Waals surface area contributed by atoms with Gasteiger partial charge in [-0.2, -0.15) is 15.4 Å². The summed E-state index contributed by atoms with van der Waals surface area (Å²) in [5, 5.41) is 13.1. The van der Waals surface area contributed by atoms with Gasteiger partial charge in [0, 0.05) is 0 Å². The molecule has 0 spiro atoms. The summed E-state index contributed by atoms with van der Waals surface area (Å²) >= 11 is 0. The van der Waals surface area contributed by atoms with Gasteiger partial charge in [0.05, 0.1) is 0 Å². The number of aromatic amines is 1. The molecule has 0 radical (unpaired) electrons. The van der Waals surface area contributed by atoms with Crippen LogP contribution in [0.1, 0.15) is 0 Å². The van der Waals surface area contributed by atoms with Gasteiger partial charge in [-0.25, -0.2) is 0 Å². The first-order chi connectivity index (χ1) is 6.43. The molecule has 1 heterocycles. The van der Waals surface area contributed by atoms with Gasteiger partial charge in [0.25, 0.3) is 0 Å². The van der Waals surface area contributed by atoms with Gasteiger partial charge in [-0.3, -0.25) is 0 Å². The number of fused-ring (bicyclic) bond motifs is 2. The molecule has 0 fully saturated rings. The van der Waals surface area contributed by atoms with Gasteiger partial charge >= 0.3 is 0 Å². The molecule has 0 unspecified atom stereocenters. The minimum Gasteiger partial charge on any atom is -0.197 e. The molecule has 0 aliphatic rings. The Morgan fingerprint density at radius 2 is 1.38 bits per heavy atom. The molecule has 62 valence electrons. The van der Waals surface area contributed by atoms with Crippen LogP contribution in [0.15, 0.2) is 36.4 Å². The maximum atomic E-state index is 4.03. The van der Waals surface area contributed by atoms with Crippen LogP contribution in [-0.2, 0) is 0 Å². The Hall–Kier alpha value is -1.90. The predicted octanol–water partition coefficient (Wildman–Crippen LogP) is 2.11. The van der Waals surface area contributed by atoms with E-state index < -0.39 is 0 Å². The number of benzene rings is 2. The molecule has 2 aromatic carbocycles. The first-order valence-electron chi connectivity index (χ1n) is 4.13. The van der Waals surface area contributed by atoms with E-state index in [-0.39, 0.29) is 0 Å². The minimum atomic E-state index is 0.915. The molecule has 3 aromatic rings. The van der Waals surface area contributed by atoms with E-state index in [1.54, 1.807) is 0 Å². The molecule has 3 rings (SSSR count). The Balaban J connectivity index is 2.57. The zero-order valence-corrected chi connectivity index (χ0v) is 6.86. The molecule has 0 saturated heterocycles. The molecule has 0 amide bonds. The van der Waals surface area contributed by atoms with Gasteiger partial charge < -0.3 is 0 Å². The smallest absolute Gasteiger partial charge is 0.113 e. The fraction of sp³-hybridized carbons (Fsp3) is 0. The molecule has 0 aliphatic carbocycles. The van der Waals surface area contributed by atoms with Crippen molar-refractivity contribution in [1.82, 2.24) is 15.4 Å². The van der Waals surface area contributed by atoms with E-state index in [1.807, 2.05) is 24.3 Å². The molecule has 3 nitrogen and oxygen atoms in total. The van der Waals surface area contributed by atoms with Crippen molar-refractivity contribution >= 4 is 21.8 Å². The normalized spacial score (nSPS) is 11.1. The quantitative estimate of drug-likeness (QED) is 0.560. The molecule has 1 aromatic heterocycles. The third-order valence-corrected chi connectivity index (χ3v) is 2.18. The largest absolute Gasteiger partial charge is 0.197 e. The summed E-state index contributed by atoms with van der Waals surface area (Å²) in [7, 11) is 0. The summed E-state index contributed by atoms with van der Waals surface area (Å²) in [5.74, 6) is 0. The van der Waals surface area contributed by atoms with E-state index in [0.29, 0.717) is 0 Å². The van der Waals surface area contributed by atoms with E-state index in [9.17, 15) is 0 Å². The second-order valence-electron chi connectivity index (χ2n) is 3.01. The van der Waals surface area contributed by atoms with E-state index >= 15 is 0 Å². The fourth-order valence-corrected chi connectivity index (χ4v) is 1.53. The Morgan fingerprint density at radius 1 is 0.846 bits per heavy atom. The second-order valence-corrected chi connectivity index (χ2v) is 3.01. The summed E-state index contributed by atoms with van der Waals surface area (Å²) in [6.07, 6.45) is 0. The van der Waals surface area contributed by atoms with Crippen LogP contribution >= 0.6 is 0 Å². The van der Waals surface area contributed by atoms with Crippen molar-refractivity contribution in [2.24, 2.45) is 0 Å². The molecule has 0 bridgehead atoms. The van der Waals surface area contributed by atoms with Gasteiger partial charge in [-0.05, 0) is 22.9 Å². The third-order valence-electron chi connectivity index (χ3n) is 2.18. The van der Waals surface area contributed by atoms with Gasteiger partial charge in [-0.1, -0.05) is 24.3 Å². The Morgan fingerprint density at radius 3 is 1.92 bits per heavy atom. The molecular formula is C10H7N3. The molecular weight excluding hydrogens is 162 g/mol. The standard InChI is InChI=1S/C10H7N3/c1-2-4-8-6-10-9(11-13-12-10)5-7(8)3-1/h1-6H,(H,11,12,13). The summed E-state index contributed by atoms with van der Waals surface area (Å²) in [6, 6.07) is 12.3. The number of nitrogens with one attached hydrogen (secondary N) is 1. The molecule has 1 N–H and O–H groups in total. The minimum absolute atomic E-state index is 0.915. The lowest BCUT2D eigenvalue weighted by atomic mass is 10.1. The summed E-state index contributed by atoms with van der Waals surface area (Å²) in [6.45, 7) is 0. The van der Waals surface area contributed by atoms with Crippen LogP contribution < -0.4 is 0 Å². The summed E-state index contributed by atoms with van der Waals surface area (Å²) in [5.41, 5.74) is 1.83. The van der Waals surface area contributed by atoms with Crippen molar-refractivity contribution in [3.05, 3.63) is 36.4 Å². The maximum Gasteiger partial charge on any atom is 0.113 e. The average Bonchev–Trinajstić information content (AvgIpc) is 2.61. The number of hydrogen-bond donors (Lipinski definition) is 1. The highest BCUT2D eigenvalue weighted by Crippen LogP contribution is 2.18. The molecule has 13 heavy (non-hydrogen) atoms. The molecule has 3 heteroatoms. The van der Waals surface area contributed by atoms with Crippen LogP contribution in [0.3, 0.4) is 0 Å². The lowest BCUT2D eigenvalue weighted by molar-refractivity contribution is 0.959. The van der Waals surface area contributed by atoms with Gasteiger partial charge in [-0.15, -0.1) is 0 Å². The lowest BCUT2D eigenvalue weighted by Gasteiger charge is -1.94. The third kappa shape index (κ3) is 0.902. The monoisotopic (exact) mass is 169 g/mol. The number of rotatable bonds is 0. The number of hydrogen-bond acceptors (Lipinski definition) is 2. The topological polar surface area (TPSA) is 41.6 Å². The number of nitrogens with zero attached hydrogens (tertiary/aromatic N) is 2. The Bertz CT molecular complexity index is 519. The van der Waals surface area contributed by atoms with Crippen molar-refractivity contribution in [2.75, 3.05) is 0 Å². The van der Waals surface area contributed by atoms with Gasteiger partial charge in [0.15, 0.2) is 0 Å². The van der Waals surface area contributed by atoms with Gasteiger partial charge in [0.1, 0.15) is 11.0 Å². The van der Waals surface area contributed by atoms with E-state index in [1.165, 1.54) is 10.8 Å². The second kappa shape index (κ2) is 2.29. The number of H-pyrrole nitrogens is 1. The fourth-order valence-electron chi connectivity index (χ4n) is 1.53. The summed E-state index contributed by atoms with van der Waals surface area (Å²) < 4.78 is 0. The SMILES string of the molecule is c1ccc2cc3n[nH]nc3cc2c1. The van der Waals surface area contributed by atoms with Crippen molar-refractivity contribution in [3.8, 4) is 0 Å². The van der Waals surface area contributed by atoms with Crippen molar-refractivity contribution in [1.29, 1.82) is 0 Å². The lowest BCUT2D eigenvalue weighted by Crippen LogP contribution is -1.73. The first-order valence-corrected chi connectivity index (χ1v) is 4.13. The highest BCUT2D eigenvalue weighted by Gasteiger charge is 1.99. The Kier molecular flexibility index (Phi) is 1.16. The molecule has 0 aliphatic heterocycles. The first kappa shape index (κ1) is 6.60. The summed E-state index contributed by atoms with van der Waals surface area (Å²) in [4.78, 5) is 0. The van der Waals surface area contributed by atoms with Crippen LogP contribution in [0.2, 0.25) is 0 Å². The molecule has 0 atom stereocenters. The maximum absolute atomic E-state index is 4.03.